The predicted octanol–water partition coefficient (Wildman–Crippen LogP) is 3.51. The number of carbonyl (C=O) groups is 1. The standard InChI is InChI=1S/C20H43N.C3H6O3/c1-4-5-6-7-8-9-10-11-12-13-14-15-16-17-18-19-20-21(2)3;1-2(4)3(5)6/h4-20H2,1-3H3;2,4H,1H3,(H,5,6). The Kier molecular flexibility index (Phi) is 24.8. The molecule has 1 unspecified atom stereocenters. The van der Waals surface area contributed by atoms with Gasteiger partial charge in [0, 0.05) is 0 Å². The molecule has 4 nitrogen and oxygen atoms in total. The fraction of sp³-hybridized carbons (Fsp3) is 0.957. The van der Waals surface area contributed by atoms with Crippen molar-refractivity contribution in [3.8, 4) is 0 Å². The molecule has 0 saturated heterocycles. The van der Waals surface area contributed by atoms with Gasteiger partial charge in [0.25, 0.3) is 0 Å². The van der Waals surface area contributed by atoms with Crippen LogP contribution >= 0.6 is 0 Å². The van der Waals surface area contributed by atoms with Crippen molar-refractivity contribution in [2.24, 2.45) is 0 Å². The van der Waals surface area contributed by atoms with Crippen LogP contribution in [0.3, 0.4) is 0 Å². The first kappa shape index (κ1) is 28.6. The summed E-state index contributed by atoms with van der Waals surface area (Å²) >= 11 is 0. The first-order valence-electron chi connectivity index (χ1n) is 11.6. The molecule has 0 heterocycles. The molecule has 0 fully saturated rings. The molecule has 27 heavy (non-hydrogen) atoms. The minimum Gasteiger partial charge on any atom is -0.547 e. The Bertz CT molecular complexity index is 293. The van der Waals surface area contributed by atoms with E-state index >= 15 is 0 Å². The van der Waals surface area contributed by atoms with Crippen LogP contribution in [0.5, 0.6) is 0 Å². The Hall–Kier alpha value is -0.610. The summed E-state index contributed by atoms with van der Waals surface area (Å²) in [5.41, 5.74) is 0. The molecule has 0 amide bonds. The van der Waals surface area contributed by atoms with E-state index in [9.17, 15) is 9.90 Å². The maximum atomic E-state index is 9.34. The molecule has 0 aliphatic carbocycles. The van der Waals surface area contributed by atoms with E-state index in [0.29, 0.717) is 0 Å². The van der Waals surface area contributed by atoms with Crippen molar-refractivity contribution >= 4 is 5.97 Å². The van der Waals surface area contributed by atoms with Gasteiger partial charge in [-0.3, -0.25) is 0 Å². The number of unbranched alkanes of at least 4 members (excludes halogenated alkanes) is 15. The van der Waals surface area contributed by atoms with Crippen LogP contribution in [-0.2, 0) is 4.79 Å². The van der Waals surface area contributed by atoms with Crippen LogP contribution in [0.15, 0.2) is 0 Å². The van der Waals surface area contributed by atoms with Crippen LogP contribution in [-0.4, -0.2) is 37.8 Å². The Balaban J connectivity index is 0. The van der Waals surface area contributed by atoms with Crippen molar-refractivity contribution in [3.05, 3.63) is 0 Å². The summed E-state index contributed by atoms with van der Waals surface area (Å²) in [5, 5.41) is 17.3. The number of carbonyl (C=O) groups excluding carboxylic acids is 1. The lowest BCUT2D eigenvalue weighted by Crippen LogP contribution is -3.05. The smallest absolute Gasteiger partial charge is 0.0905 e. The molecular formula is C23H49NO3. The van der Waals surface area contributed by atoms with Crippen LogP contribution < -0.4 is 10.0 Å². The number of aliphatic hydroxyl groups excluding tert-OH is 1. The lowest BCUT2D eigenvalue weighted by Gasteiger charge is -2.06. The van der Waals surface area contributed by atoms with Crippen LogP contribution in [0, 0.1) is 0 Å². The van der Waals surface area contributed by atoms with Crippen LogP contribution in [0.25, 0.3) is 0 Å². The van der Waals surface area contributed by atoms with Gasteiger partial charge in [0.05, 0.1) is 32.7 Å². The van der Waals surface area contributed by atoms with Crippen molar-refractivity contribution in [1.29, 1.82) is 0 Å². The largest absolute Gasteiger partial charge is 0.547 e. The van der Waals surface area contributed by atoms with Gasteiger partial charge in [-0.2, -0.15) is 0 Å². The van der Waals surface area contributed by atoms with Crippen molar-refractivity contribution < 1.29 is 19.9 Å². The van der Waals surface area contributed by atoms with E-state index in [2.05, 4.69) is 21.0 Å². The van der Waals surface area contributed by atoms with E-state index in [1.165, 1.54) is 109 Å². The van der Waals surface area contributed by atoms with Gasteiger partial charge in [0.15, 0.2) is 0 Å². The molecule has 0 aliphatic heterocycles. The summed E-state index contributed by atoms with van der Waals surface area (Å²) in [6, 6.07) is 0. The molecule has 4 heteroatoms. The van der Waals surface area contributed by atoms with Gasteiger partial charge in [-0.25, -0.2) is 0 Å². The van der Waals surface area contributed by atoms with E-state index in [-0.39, 0.29) is 0 Å². The summed E-state index contributed by atoms with van der Waals surface area (Å²) < 4.78 is 0. The third-order valence-electron chi connectivity index (χ3n) is 4.87. The first-order valence-corrected chi connectivity index (χ1v) is 11.6. The molecule has 1 atom stereocenters. The van der Waals surface area contributed by atoms with E-state index in [0.717, 1.165) is 6.92 Å². The minimum absolute atomic E-state index is 1.13. The average Bonchev–Trinajstić information content (AvgIpc) is 2.61. The molecule has 0 radical (unpaired) electrons. The Labute approximate surface area is 169 Å². The molecule has 0 saturated carbocycles. The fourth-order valence-electron chi connectivity index (χ4n) is 3.03. The number of aliphatic carboxylic acids is 1. The summed E-state index contributed by atoms with van der Waals surface area (Å²) in [7, 11) is 4.51. The Morgan fingerprint density at radius 2 is 1.00 bits per heavy atom. The normalized spacial score (nSPS) is 11.9. The molecule has 0 bridgehead atoms. The zero-order valence-corrected chi connectivity index (χ0v) is 18.9. The quantitative estimate of drug-likeness (QED) is 0.354. The van der Waals surface area contributed by atoms with Crippen molar-refractivity contribution in [2.45, 2.75) is 123 Å². The van der Waals surface area contributed by atoms with E-state index in [1.54, 1.807) is 4.90 Å². The van der Waals surface area contributed by atoms with Crippen LogP contribution in [0.2, 0.25) is 0 Å². The predicted molar refractivity (Wildman–Crippen MR) is 114 cm³/mol. The first-order chi connectivity index (χ1) is 12.9. The number of carboxylic acids is 1. The molecule has 0 spiro atoms. The number of rotatable bonds is 18. The van der Waals surface area contributed by atoms with Gasteiger partial charge in [-0.15, -0.1) is 0 Å². The number of quaternary nitrogens is 1. The Morgan fingerprint density at radius 1 is 0.741 bits per heavy atom. The summed E-state index contributed by atoms with van der Waals surface area (Å²) in [6.07, 6.45) is 22.1. The Morgan fingerprint density at radius 3 is 1.22 bits per heavy atom. The van der Waals surface area contributed by atoms with Crippen molar-refractivity contribution in [3.63, 3.8) is 0 Å². The van der Waals surface area contributed by atoms with Crippen LogP contribution in [0.4, 0.5) is 0 Å². The molecule has 0 aliphatic rings. The van der Waals surface area contributed by atoms with Gasteiger partial charge in [0.2, 0.25) is 0 Å². The van der Waals surface area contributed by atoms with Gasteiger partial charge in [0.1, 0.15) is 0 Å². The second-order valence-electron chi connectivity index (χ2n) is 8.26. The topological polar surface area (TPSA) is 64.8 Å². The highest BCUT2D eigenvalue weighted by molar-refractivity contribution is 5.68. The van der Waals surface area contributed by atoms with E-state index < -0.39 is 12.1 Å². The summed E-state index contributed by atoms with van der Waals surface area (Å²) in [5.74, 6) is -1.44. The minimum atomic E-state index is -1.44. The molecule has 164 valence electrons. The number of hydrogen-bond donors (Lipinski definition) is 2. The molecular weight excluding hydrogens is 338 g/mol. The number of hydrogen-bond acceptors (Lipinski definition) is 3. The number of aliphatic hydroxyl groups is 1. The third-order valence-corrected chi connectivity index (χ3v) is 4.87. The fourth-order valence-corrected chi connectivity index (χ4v) is 3.03. The maximum Gasteiger partial charge on any atom is 0.0905 e. The van der Waals surface area contributed by atoms with Gasteiger partial charge in [-0.05, 0) is 19.8 Å². The number of nitrogens with one attached hydrogen (secondary N) is 1. The van der Waals surface area contributed by atoms with Crippen molar-refractivity contribution in [1.82, 2.24) is 0 Å². The third kappa shape index (κ3) is 30.4. The SMILES string of the molecule is CC(O)C(=O)[O-].CCCCCCCCCCCCCCCCCC[NH+](C)C. The van der Waals surface area contributed by atoms with Crippen molar-refractivity contribution in [2.75, 3.05) is 20.6 Å². The molecule has 0 aromatic carbocycles. The zero-order valence-electron chi connectivity index (χ0n) is 18.9. The van der Waals surface area contributed by atoms with Gasteiger partial charge < -0.3 is 19.9 Å². The highest BCUT2D eigenvalue weighted by atomic mass is 16.4. The van der Waals surface area contributed by atoms with E-state index in [1.807, 2.05) is 0 Å². The lowest BCUT2D eigenvalue weighted by molar-refractivity contribution is -0.858. The highest BCUT2D eigenvalue weighted by Gasteiger charge is 1.96. The summed E-state index contributed by atoms with van der Waals surface area (Å²) in [4.78, 5) is 10.9. The average molecular weight is 388 g/mol. The van der Waals surface area contributed by atoms with E-state index in [4.69, 9.17) is 5.11 Å². The zero-order chi connectivity index (χ0) is 20.8. The second kappa shape index (κ2) is 23.4. The number of carboxylic acid groups (broad SMARTS) is 1. The highest BCUT2D eigenvalue weighted by Crippen LogP contribution is 2.13. The van der Waals surface area contributed by atoms with Gasteiger partial charge >= 0.3 is 0 Å². The molecule has 0 aromatic heterocycles. The maximum absolute atomic E-state index is 9.34. The molecule has 2 N–H and O–H groups in total. The molecule has 0 aromatic rings. The second-order valence-corrected chi connectivity index (χ2v) is 8.26. The monoisotopic (exact) mass is 387 g/mol. The van der Waals surface area contributed by atoms with Crippen LogP contribution in [0.1, 0.15) is 117 Å². The summed E-state index contributed by atoms with van der Waals surface area (Å²) in [6.45, 7) is 4.78. The molecule has 0 rings (SSSR count). The lowest BCUT2D eigenvalue weighted by atomic mass is 10.0. The van der Waals surface area contributed by atoms with Gasteiger partial charge in [-0.1, -0.05) is 96.8 Å².